The van der Waals surface area contributed by atoms with Crippen molar-refractivity contribution >= 4 is 46.9 Å². The number of hydrogen-bond acceptors (Lipinski definition) is 5. The minimum Gasteiger partial charge on any atom is -0.423 e. The van der Waals surface area contributed by atoms with E-state index in [1.165, 1.54) is 23.9 Å². The van der Waals surface area contributed by atoms with Gasteiger partial charge < -0.3 is 9.47 Å². The van der Waals surface area contributed by atoms with Crippen LogP contribution < -0.4 is 9.47 Å². The van der Waals surface area contributed by atoms with Crippen molar-refractivity contribution in [3.63, 3.8) is 0 Å². The Kier molecular flexibility index (Phi) is 6.70. The number of carbonyl (C=O) groups excluding carboxylic acids is 2. The van der Waals surface area contributed by atoms with Gasteiger partial charge >= 0.3 is 11.9 Å². The summed E-state index contributed by atoms with van der Waals surface area (Å²) in [5.41, 5.74) is 0. The summed E-state index contributed by atoms with van der Waals surface area (Å²) in [6, 6.07) is 9.70. The maximum Gasteiger partial charge on any atom is 0.335 e. The molecule has 0 radical (unpaired) electrons. The third-order valence-electron chi connectivity index (χ3n) is 2.80. The number of halogens is 2. The summed E-state index contributed by atoms with van der Waals surface area (Å²) < 4.78 is 10.0. The fraction of sp³-hybridized carbons (Fsp3) is 0. The molecule has 2 aromatic carbocycles. The Balaban J connectivity index is 2.16. The molecule has 128 valence electrons. The molecule has 0 aromatic heterocycles. The van der Waals surface area contributed by atoms with Crippen LogP contribution in [0, 0.1) is 0 Å². The standard InChI is InChI=1S/C18H12Cl2O4S/c1-3-17(21)23-11-5-7-15(13(19)9-11)25-16-8-6-12(10-14(16)20)24-18(22)4-2/h3-10H,1-2H2. The maximum atomic E-state index is 11.2. The second kappa shape index (κ2) is 8.76. The molecule has 0 amide bonds. The third-order valence-corrected chi connectivity index (χ3v) is 4.80. The molecule has 4 nitrogen and oxygen atoms in total. The van der Waals surface area contributed by atoms with Crippen molar-refractivity contribution in [3.8, 4) is 11.5 Å². The van der Waals surface area contributed by atoms with Crippen LogP contribution in [0.15, 0.2) is 71.5 Å². The lowest BCUT2D eigenvalue weighted by molar-refractivity contribution is -0.129. The van der Waals surface area contributed by atoms with Gasteiger partial charge in [0.05, 0.1) is 10.0 Å². The van der Waals surface area contributed by atoms with Gasteiger partial charge in [-0.2, -0.15) is 0 Å². The smallest absolute Gasteiger partial charge is 0.335 e. The molecule has 0 bridgehead atoms. The van der Waals surface area contributed by atoms with Crippen molar-refractivity contribution < 1.29 is 19.1 Å². The second-order valence-corrected chi connectivity index (χ2v) is 6.44. The Morgan fingerprint density at radius 3 is 1.56 bits per heavy atom. The van der Waals surface area contributed by atoms with Crippen LogP contribution in [0.5, 0.6) is 11.5 Å². The summed E-state index contributed by atoms with van der Waals surface area (Å²) in [6.45, 7) is 6.66. The van der Waals surface area contributed by atoms with E-state index < -0.39 is 11.9 Å². The highest BCUT2D eigenvalue weighted by atomic mass is 35.5. The number of esters is 2. The maximum absolute atomic E-state index is 11.2. The van der Waals surface area contributed by atoms with Crippen LogP contribution in [0.1, 0.15) is 0 Å². The van der Waals surface area contributed by atoms with Gasteiger partial charge in [0.2, 0.25) is 0 Å². The Morgan fingerprint density at radius 1 is 0.840 bits per heavy atom. The summed E-state index contributed by atoms with van der Waals surface area (Å²) in [5, 5.41) is 0.801. The molecule has 0 aliphatic carbocycles. The first-order valence-electron chi connectivity index (χ1n) is 6.88. The fourth-order valence-electron chi connectivity index (χ4n) is 1.69. The number of carbonyl (C=O) groups is 2. The second-order valence-electron chi connectivity index (χ2n) is 4.54. The summed E-state index contributed by atoms with van der Waals surface area (Å²) in [5.74, 6) is -0.498. The highest BCUT2D eigenvalue weighted by Gasteiger charge is 2.10. The van der Waals surface area contributed by atoms with Crippen molar-refractivity contribution in [1.29, 1.82) is 0 Å². The molecule has 0 N–H and O–H groups in total. The van der Waals surface area contributed by atoms with E-state index in [1.807, 2.05) is 0 Å². The predicted octanol–water partition coefficient (Wildman–Crippen LogP) is 5.33. The fourth-order valence-corrected chi connectivity index (χ4v) is 3.08. The molecule has 7 heteroatoms. The molecule has 0 heterocycles. The monoisotopic (exact) mass is 394 g/mol. The van der Waals surface area contributed by atoms with E-state index in [4.69, 9.17) is 32.7 Å². The summed E-state index contributed by atoms with van der Waals surface area (Å²) in [4.78, 5) is 23.8. The molecule has 0 aliphatic heterocycles. The molecule has 0 fully saturated rings. The van der Waals surface area contributed by atoms with E-state index in [0.717, 1.165) is 21.9 Å². The summed E-state index contributed by atoms with van der Waals surface area (Å²) in [7, 11) is 0. The highest BCUT2D eigenvalue weighted by Crippen LogP contribution is 2.39. The van der Waals surface area contributed by atoms with Crippen LogP contribution in [-0.4, -0.2) is 11.9 Å². The van der Waals surface area contributed by atoms with Gasteiger partial charge in [0.25, 0.3) is 0 Å². The van der Waals surface area contributed by atoms with Gasteiger partial charge in [0.15, 0.2) is 0 Å². The van der Waals surface area contributed by atoms with Crippen LogP contribution in [-0.2, 0) is 9.59 Å². The lowest BCUT2D eigenvalue weighted by atomic mass is 10.3. The molecular formula is C18H12Cl2O4S. The average molecular weight is 395 g/mol. The number of hydrogen-bond donors (Lipinski definition) is 0. The van der Waals surface area contributed by atoms with E-state index in [0.29, 0.717) is 21.5 Å². The van der Waals surface area contributed by atoms with Gasteiger partial charge in [-0.05, 0) is 24.3 Å². The molecule has 0 atom stereocenters. The quantitative estimate of drug-likeness (QED) is 0.376. The first-order chi connectivity index (χ1) is 11.9. The molecule has 2 aromatic rings. The minimum atomic E-state index is -0.566. The van der Waals surface area contributed by atoms with Gasteiger partial charge in [0.1, 0.15) is 11.5 Å². The Hall–Kier alpha value is -2.21. The number of rotatable bonds is 6. The molecule has 25 heavy (non-hydrogen) atoms. The Bertz CT molecular complexity index is 779. The van der Waals surface area contributed by atoms with Gasteiger partial charge in [-0.3, -0.25) is 0 Å². The third kappa shape index (κ3) is 5.39. The summed E-state index contributed by atoms with van der Waals surface area (Å²) >= 11 is 13.8. The minimum absolute atomic E-state index is 0.317. The van der Waals surface area contributed by atoms with E-state index in [2.05, 4.69) is 13.2 Å². The molecule has 2 rings (SSSR count). The molecule has 0 saturated heterocycles. The SMILES string of the molecule is C=CC(=O)Oc1ccc(Sc2ccc(OC(=O)C=C)cc2Cl)c(Cl)c1. The number of benzene rings is 2. The summed E-state index contributed by atoms with van der Waals surface area (Å²) in [6.07, 6.45) is 2.13. The molecule has 0 saturated carbocycles. The Morgan fingerprint density at radius 2 is 1.24 bits per heavy atom. The van der Waals surface area contributed by atoms with Gasteiger partial charge in [-0.25, -0.2) is 9.59 Å². The van der Waals surface area contributed by atoms with Crippen LogP contribution in [0.25, 0.3) is 0 Å². The van der Waals surface area contributed by atoms with Crippen molar-refractivity contribution in [1.82, 2.24) is 0 Å². The van der Waals surface area contributed by atoms with Crippen LogP contribution in [0.4, 0.5) is 0 Å². The van der Waals surface area contributed by atoms with Crippen molar-refractivity contribution in [2.75, 3.05) is 0 Å². The van der Waals surface area contributed by atoms with Gasteiger partial charge in [0, 0.05) is 34.1 Å². The van der Waals surface area contributed by atoms with E-state index in [1.54, 1.807) is 24.3 Å². The van der Waals surface area contributed by atoms with Gasteiger partial charge in [-0.15, -0.1) is 0 Å². The van der Waals surface area contributed by atoms with E-state index >= 15 is 0 Å². The molecule has 0 aliphatic rings. The predicted molar refractivity (Wildman–Crippen MR) is 98.7 cm³/mol. The van der Waals surface area contributed by atoms with Crippen molar-refractivity contribution in [2.45, 2.75) is 9.79 Å². The lowest BCUT2D eigenvalue weighted by Gasteiger charge is -2.09. The topological polar surface area (TPSA) is 52.6 Å². The average Bonchev–Trinajstić information content (AvgIpc) is 2.59. The molecule has 0 spiro atoms. The zero-order chi connectivity index (χ0) is 18.4. The zero-order valence-electron chi connectivity index (χ0n) is 12.8. The molecule has 0 unspecified atom stereocenters. The van der Waals surface area contributed by atoms with Crippen LogP contribution in [0.2, 0.25) is 10.0 Å². The van der Waals surface area contributed by atoms with Crippen molar-refractivity contribution in [3.05, 3.63) is 71.8 Å². The lowest BCUT2D eigenvalue weighted by Crippen LogP contribution is -2.03. The van der Waals surface area contributed by atoms with Crippen LogP contribution in [0.3, 0.4) is 0 Å². The first kappa shape index (κ1) is 19.1. The normalized spacial score (nSPS) is 10.0. The zero-order valence-corrected chi connectivity index (χ0v) is 15.2. The largest absolute Gasteiger partial charge is 0.423 e. The van der Waals surface area contributed by atoms with E-state index in [-0.39, 0.29) is 0 Å². The highest BCUT2D eigenvalue weighted by molar-refractivity contribution is 7.99. The first-order valence-corrected chi connectivity index (χ1v) is 8.45. The van der Waals surface area contributed by atoms with Crippen LogP contribution >= 0.6 is 35.0 Å². The molecular weight excluding hydrogens is 383 g/mol. The van der Waals surface area contributed by atoms with E-state index in [9.17, 15) is 9.59 Å². The number of ether oxygens (including phenoxy) is 2. The van der Waals surface area contributed by atoms with Crippen molar-refractivity contribution in [2.24, 2.45) is 0 Å². The van der Waals surface area contributed by atoms with Gasteiger partial charge in [-0.1, -0.05) is 48.1 Å². The Labute approximate surface area is 159 Å².